The Morgan fingerprint density at radius 2 is 1.86 bits per heavy atom. The third-order valence-electron chi connectivity index (χ3n) is 7.17. The highest BCUT2D eigenvalue weighted by atomic mass is 32.2. The minimum absolute atomic E-state index is 0.0696. The number of anilines is 1. The molecule has 0 spiro atoms. The number of rotatable bonds is 11. The Bertz CT molecular complexity index is 1620. The summed E-state index contributed by atoms with van der Waals surface area (Å²) in [6.07, 6.45) is 2.56. The zero-order valence-corrected chi connectivity index (χ0v) is 24.5. The molecule has 1 saturated heterocycles. The Morgan fingerprint density at radius 3 is 2.60 bits per heavy atom. The second-order valence-corrected chi connectivity index (χ2v) is 11.2. The van der Waals surface area contributed by atoms with E-state index in [1.807, 2.05) is 43.3 Å². The van der Waals surface area contributed by atoms with Crippen LogP contribution in [0.5, 0.6) is 5.75 Å². The van der Waals surface area contributed by atoms with Crippen molar-refractivity contribution >= 4 is 40.2 Å². The molecule has 1 aliphatic heterocycles. The van der Waals surface area contributed by atoms with Crippen molar-refractivity contribution < 1.29 is 19.1 Å². The Kier molecular flexibility index (Phi) is 9.55. The van der Waals surface area contributed by atoms with Crippen molar-refractivity contribution in [1.82, 2.24) is 14.9 Å². The molecular formula is C32H34N4O5S. The van der Waals surface area contributed by atoms with Crippen molar-refractivity contribution in [2.75, 3.05) is 25.6 Å². The number of fused-ring (bicyclic) bond motifs is 1. The van der Waals surface area contributed by atoms with E-state index in [9.17, 15) is 14.4 Å². The van der Waals surface area contributed by atoms with E-state index < -0.39 is 5.25 Å². The highest BCUT2D eigenvalue weighted by Gasteiger charge is 2.23. The number of nitrogens with zero attached hydrogens (tertiary/aromatic N) is 2. The van der Waals surface area contributed by atoms with Crippen molar-refractivity contribution in [3.8, 4) is 5.75 Å². The molecule has 0 unspecified atom stereocenters. The molecule has 0 radical (unpaired) electrons. The standard InChI is InChI=1S/C32H34N4O5S/c1-3-28(30(38)34-26-12-6-7-13-27(26)40-2)42-32-35-25-11-5-4-10-24(25)31(39)36(32)20-21-14-16-22(17-15-21)29(37)33-19-23-9-8-18-41-23/h4-7,10-17,23,28H,3,8-9,18-20H2,1-2H3,(H,33,37)(H,34,38)/t23-,28-/m1/s1. The van der Waals surface area contributed by atoms with Gasteiger partial charge in [0.05, 0.1) is 41.6 Å². The molecule has 2 atom stereocenters. The summed E-state index contributed by atoms with van der Waals surface area (Å²) < 4.78 is 12.6. The molecule has 1 fully saturated rings. The predicted octanol–water partition coefficient (Wildman–Crippen LogP) is 4.87. The highest BCUT2D eigenvalue weighted by molar-refractivity contribution is 8.00. The van der Waals surface area contributed by atoms with E-state index in [-0.39, 0.29) is 30.0 Å². The second kappa shape index (κ2) is 13.7. The molecule has 9 nitrogen and oxygen atoms in total. The summed E-state index contributed by atoms with van der Waals surface area (Å²) in [5.41, 5.74) is 2.32. The topological polar surface area (TPSA) is 112 Å². The molecule has 0 bridgehead atoms. The zero-order chi connectivity index (χ0) is 29.5. The lowest BCUT2D eigenvalue weighted by atomic mass is 10.1. The number of hydrogen-bond donors (Lipinski definition) is 2. The monoisotopic (exact) mass is 586 g/mol. The lowest BCUT2D eigenvalue weighted by molar-refractivity contribution is -0.115. The third kappa shape index (κ3) is 6.83. The number of methoxy groups -OCH3 is 1. The van der Waals surface area contributed by atoms with Crippen LogP contribution >= 0.6 is 11.8 Å². The maximum Gasteiger partial charge on any atom is 0.262 e. The molecular weight excluding hydrogens is 552 g/mol. The van der Waals surface area contributed by atoms with Gasteiger partial charge < -0.3 is 20.1 Å². The van der Waals surface area contributed by atoms with Crippen molar-refractivity contribution in [2.45, 2.75) is 49.2 Å². The van der Waals surface area contributed by atoms with E-state index in [2.05, 4.69) is 10.6 Å². The zero-order valence-electron chi connectivity index (χ0n) is 23.7. The first-order chi connectivity index (χ1) is 20.5. The lowest BCUT2D eigenvalue weighted by Crippen LogP contribution is -2.31. The van der Waals surface area contributed by atoms with Crippen LogP contribution in [0, 0.1) is 0 Å². The molecule has 1 aliphatic rings. The third-order valence-corrected chi connectivity index (χ3v) is 8.53. The fourth-order valence-electron chi connectivity index (χ4n) is 4.85. The minimum Gasteiger partial charge on any atom is -0.495 e. The molecule has 218 valence electrons. The van der Waals surface area contributed by atoms with Crippen LogP contribution in [0.2, 0.25) is 0 Å². The molecule has 10 heteroatoms. The van der Waals surface area contributed by atoms with Gasteiger partial charge in [0.2, 0.25) is 5.91 Å². The van der Waals surface area contributed by atoms with Crippen LogP contribution in [0.3, 0.4) is 0 Å². The first-order valence-electron chi connectivity index (χ1n) is 14.1. The van der Waals surface area contributed by atoms with Crippen LogP contribution in [0.4, 0.5) is 5.69 Å². The van der Waals surface area contributed by atoms with Crippen LogP contribution < -0.4 is 20.9 Å². The van der Waals surface area contributed by atoms with E-state index in [1.54, 1.807) is 48.1 Å². The summed E-state index contributed by atoms with van der Waals surface area (Å²) >= 11 is 1.25. The molecule has 2 heterocycles. The van der Waals surface area contributed by atoms with E-state index in [0.29, 0.717) is 46.0 Å². The number of para-hydroxylation sites is 3. The van der Waals surface area contributed by atoms with Gasteiger partial charge in [-0.15, -0.1) is 0 Å². The summed E-state index contributed by atoms with van der Waals surface area (Å²) in [4.78, 5) is 44.4. The van der Waals surface area contributed by atoms with Crippen molar-refractivity contribution in [3.63, 3.8) is 0 Å². The predicted molar refractivity (Wildman–Crippen MR) is 164 cm³/mol. The maximum atomic E-state index is 13.7. The van der Waals surface area contributed by atoms with Gasteiger partial charge in [-0.3, -0.25) is 19.0 Å². The maximum absolute atomic E-state index is 13.7. The van der Waals surface area contributed by atoms with Gasteiger partial charge in [0.15, 0.2) is 5.16 Å². The molecule has 3 aromatic carbocycles. The van der Waals surface area contributed by atoms with Crippen LogP contribution in [0.15, 0.2) is 82.7 Å². The van der Waals surface area contributed by atoms with Gasteiger partial charge in [0.1, 0.15) is 5.75 Å². The number of thioether (sulfide) groups is 1. The van der Waals surface area contributed by atoms with Crippen LogP contribution in [0.25, 0.3) is 10.9 Å². The van der Waals surface area contributed by atoms with Gasteiger partial charge in [0, 0.05) is 18.7 Å². The van der Waals surface area contributed by atoms with Gasteiger partial charge in [-0.2, -0.15) is 0 Å². The van der Waals surface area contributed by atoms with E-state index in [1.165, 1.54) is 11.8 Å². The molecule has 0 saturated carbocycles. The molecule has 5 rings (SSSR count). The number of carbonyl (C=O) groups excluding carboxylic acids is 2. The molecule has 0 aliphatic carbocycles. The number of nitrogens with one attached hydrogen (secondary N) is 2. The average molecular weight is 587 g/mol. The van der Waals surface area contributed by atoms with Crippen molar-refractivity contribution in [1.29, 1.82) is 0 Å². The van der Waals surface area contributed by atoms with Crippen molar-refractivity contribution in [2.24, 2.45) is 0 Å². The Balaban J connectivity index is 1.37. The van der Waals surface area contributed by atoms with Crippen molar-refractivity contribution in [3.05, 3.63) is 94.3 Å². The smallest absolute Gasteiger partial charge is 0.262 e. The van der Waals surface area contributed by atoms with E-state index >= 15 is 0 Å². The first kappa shape index (κ1) is 29.3. The average Bonchev–Trinajstić information content (AvgIpc) is 3.55. The van der Waals surface area contributed by atoms with E-state index in [0.717, 1.165) is 25.0 Å². The molecule has 4 aromatic rings. The summed E-state index contributed by atoms with van der Waals surface area (Å²) in [5.74, 6) is 0.194. The number of ether oxygens (including phenoxy) is 2. The number of carbonyl (C=O) groups is 2. The van der Waals surface area contributed by atoms with Gasteiger partial charge in [-0.05, 0) is 61.2 Å². The molecule has 2 N–H and O–H groups in total. The Morgan fingerprint density at radius 1 is 1.10 bits per heavy atom. The largest absolute Gasteiger partial charge is 0.495 e. The lowest BCUT2D eigenvalue weighted by Gasteiger charge is -2.19. The second-order valence-electron chi connectivity index (χ2n) is 10.0. The normalized spacial score (nSPS) is 15.3. The SMILES string of the molecule is CC[C@@H](Sc1nc2ccccc2c(=O)n1Cc1ccc(C(=O)NC[C@H]2CCCO2)cc1)C(=O)Nc1ccccc1OC. The Hall–Kier alpha value is -4.15. The summed E-state index contributed by atoms with van der Waals surface area (Å²) in [5, 5.41) is 6.32. The van der Waals surface area contributed by atoms with Gasteiger partial charge in [0.25, 0.3) is 11.5 Å². The Labute approximate surface area is 248 Å². The number of aromatic nitrogens is 2. The minimum atomic E-state index is -0.510. The van der Waals surface area contributed by atoms with Gasteiger partial charge in [-0.25, -0.2) is 4.98 Å². The van der Waals surface area contributed by atoms with E-state index in [4.69, 9.17) is 14.5 Å². The summed E-state index contributed by atoms with van der Waals surface area (Å²) in [6, 6.07) is 21.6. The van der Waals surface area contributed by atoms with Crippen LogP contribution in [-0.4, -0.2) is 53.0 Å². The highest BCUT2D eigenvalue weighted by Crippen LogP contribution is 2.29. The molecule has 42 heavy (non-hydrogen) atoms. The molecule has 1 aromatic heterocycles. The van der Waals surface area contributed by atoms with Crippen LogP contribution in [0.1, 0.15) is 42.1 Å². The van der Waals surface area contributed by atoms with Gasteiger partial charge >= 0.3 is 0 Å². The number of hydrogen-bond acceptors (Lipinski definition) is 7. The molecule has 2 amide bonds. The quantitative estimate of drug-likeness (QED) is 0.191. The summed E-state index contributed by atoms with van der Waals surface area (Å²) in [7, 11) is 1.55. The first-order valence-corrected chi connectivity index (χ1v) is 14.9. The summed E-state index contributed by atoms with van der Waals surface area (Å²) in [6.45, 7) is 3.39. The van der Waals surface area contributed by atoms with Gasteiger partial charge in [-0.1, -0.05) is 55.1 Å². The number of benzene rings is 3. The number of amides is 2. The fourth-order valence-corrected chi connectivity index (χ4v) is 5.86. The fraction of sp³-hybridized carbons (Fsp3) is 0.312. The van der Waals surface area contributed by atoms with Crippen LogP contribution in [-0.2, 0) is 16.1 Å².